The van der Waals surface area contributed by atoms with Gasteiger partial charge in [-0.15, -0.1) is 0 Å². The molecule has 1 aromatic rings. The van der Waals surface area contributed by atoms with Crippen molar-refractivity contribution in [3.63, 3.8) is 0 Å². The van der Waals surface area contributed by atoms with Gasteiger partial charge >= 0.3 is 0 Å². The quantitative estimate of drug-likeness (QED) is 0.885. The maximum atomic E-state index is 12.8. The smallest absolute Gasteiger partial charge is 0.256 e. The zero-order chi connectivity index (χ0) is 14.7. The Balaban J connectivity index is 1.82. The number of nitrogens with zero attached hydrogens (tertiary/aromatic N) is 2. The van der Waals surface area contributed by atoms with Crippen LogP contribution in [0.3, 0.4) is 0 Å². The molecule has 0 saturated carbocycles. The van der Waals surface area contributed by atoms with Crippen molar-refractivity contribution in [3.05, 3.63) is 29.8 Å². The molecule has 0 spiro atoms. The third kappa shape index (κ3) is 3.19. The van der Waals surface area contributed by atoms with E-state index >= 15 is 0 Å². The molecule has 114 valence electrons. The number of ether oxygens (including phenoxy) is 1. The standard InChI is InChI=1S/C16H23N3O2/c17-13-4-3-7-19(12-13)16(20)14-5-1-2-6-15(14)18-8-10-21-11-9-18/h1-2,5-6,13H,3-4,7-12,17H2/t13-/m1/s1. The van der Waals surface area contributed by atoms with Crippen LogP contribution in [0.4, 0.5) is 5.69 Å². The van der Waals surface area contributed by atoms with Crippen LogP contribution in [0.15, 0.2) is 24.3 Å². The molecule has 0 bridgehead atoms. The summed E-state index contributed by atoms with van der Waals surface area (Å²) in [6, 6.07) is 7.98. The summed E-state index contributed by atoms with van der Waals surface area (Å²) in [6.45, 7) is 4.59. The Bertz CT molecular complexity index is 500. The first-order chi connectivity index (χ1) is 10.3. The molecule has 5 nitrogen and oxygen atoms in total. The van der Waals surface area contributed by atoms with Gasteiger partial charge in [0.1, 0.15) is 0 Å². The van der Waals surface area contributed by atoms with Gasteiger partial charge in [-0.1, -0.05) is 12.1 Å². The van der Waals surface area contributed by atoms with Crippen LogP contribution in [-0.4, -0.2) is 56.2 Å². The first-order valence-corrected chi connectivity index (χ1v) is 7.72. The number of hydrogen-bond acceptors (Lipinski definition) is 4. The molecule has 2 N–H and O–H groups in total. The number of hydrogen-bond donors (Lipinski definition) is 1. The number of amides is 1. The molecule has 2 fully saturated rings. The highest BCUT2D eigenvalue weighted by atomic mass is 16.5. The van der Waals surface area contributed by atoms with Crippen LogP contribution in [0, 0.1) is 0 Å². The summed E-state index contributed by atoms with van der Waals surface area (Å²) >= 11 is 0. The fourth-order valence-electron chi connectivity index (χ4n) is 3.10. The van der Waals surface area contributed by atoms with Crippen molar-refractivity contribution in [2.75, 3.05) is 44.3 Å². The number of carbonyl (C=O) groups excluding carboxylic acids is 1. The number of nitrogens with two attached hydrogens (primary N) is 1. The number of likely N-dealkylation sites (tertiary alicyclic amines) is 1. The van der Waals surface area contributed by atoms with E-state index < -0.39 is 0 Å². The monoisotopic (exact) mass is 289 g/mol. The number of benzene rings is 1. The molecule has 1 atom stereocenters. The number of anilines is 1. The second-order valence-electron chi connectivity index (χ2n) is 5.77. The molecule has 1 aromatic carbocycles. The van der Waals surface area contributed by atoms with Crippen LogP contribution in [0.5, 0.6) is 0 Å². The number of carbonyl (C=O) groups is 1. The highest BCUT2D eigenvalue weighted by Crippen LogP contribution is 2.24. The average molecular weight is 289 g/mol. The van der Waals surface area contributed by atoms with E-state index in [1.165, 1.54) is 0 Å². The second kappa shape index (κ2) is 6.45. The number of rotatable bonds is 2. The SMILES string of the molecule is N[C@@H]1CCCN(C(=O)c2ccccc2N2CCOCC2)C1. The van der Waals surface area contributed by atoms with Crippen LogP contribution in [-0.2, 0) is 4.74 Å². The molecule has 0 radical (unpaired) electrons. The van der Waals surface area contributed by atoms with E-state index in [4.69, 9.17) is 10.5 Å². The summed E-state index contributed by atoms with van der Waals surface area (Å²) in [5.41, 5.74) is 7.81. The van der Waals surface area contributed by atoms with Gasteiger partial charge < -0.3 is 20.3 Å². The molecule has 0 aromatic heterocycles. The second-order valence-corrected chi connectivity index (χ2v) is 5.77. The molecule has 5 heteroatoms. The van der Waals surface area contributed by atoms with E-state index in [2.05, 4.69) is 4.90 Å². The van der Waals surface area contributed by atoms with Gasteiger partial charge in [-0.2, -0.15) is 0 Å². The Labute approximate surface area is 125 Å². The lowest BCUT2D eigenvalue weighted by atomic mass is 10.0. The minimum Gasteiger partial charge on any atom is -0.378 e. The first-order valence-electron chi connectivity index (χ1n) is 7.72. The maximum absolute atomic E-state index is 12.8. The fraction of sp³-hybridized carbons (Fsp3) is 0.562. The Hall–Kier alpha value is -1.59. The van der Waals surface area contributed by atoms with Gasteiger partial charge in [-0.3, -0.25) is 4.79 Å². The van der Waals surface area contributed by atoms with E-state index in [9.17, 15) is 4.79 Å². The van der Waals surface area contributed by atoms with Crippen molar-refractivity contribution in [2.24, 2.45) is 5.73 Å². The third-order valence-electron chi connectivity index (χ3n) is 4.23. The Kier molecular flexibility index (Phi) is 4.41. The Morgan fingerprint density at radius 1 is 1.19 bits per heavy atom. The average Bonchev–Trinajstić information content (AvgIpc) is 2.55. The number of piperidine rings is 1. The topological polar surface area (TPSA) is 58.8 Å². The summed E-state index contributed by atoms with van der Waals surface area (Å²) in [4.78, 5) is 17.0. The van der Waals surface area contributed by atoms with Crippen molar-refractivity contribution in [3.8, 4) is 0 Å². The highest BCUT2D eigenvalue weighted by molar-refractivity contribution is 6.00. The normalized spacial score (nSPS) is 23.2. The van der Waals surface area contributed by atoms with Gasteiger partial charge in [0, 0.05) is 37.9 Å². The molecule has 0 unspecified atom stereocenters. The van der Waals surface area contributed by atoms with E-state index in [0.29, 0.717) is 6.54 Å². The van der Waals surface area contributed by atoms with Gasteiger partial charge in [0.25, 0.3) is 5.91 Å². The van der Waals surface area contributed by atoms with Gasteiger partial charge in [0.2, 0.25) is 0 Å². The van der Waals surface area contributed by atoms with Crippen LogP contribution in [0.2, 0.25) is 0 Å². The summed E-state index contributed by atoms with van der Waals surface area (Å²) in [6.07, 6.45) is 2.00. The largest absolute Gasteiger partial charge is 0.378 e. The van der Waals surface area contributed by atoms with E-state index in [0.717, 1.165) is 56.9 Å². The Morgan fingerprint density at radius 2 is 1.95 bits per heavy atom. The summed E-state index contributed by atoms with van der Waals surface area (Å²) in [7, 11) is 0. The van der Waals surface area contributed by atoms with Gasteiger partial charge in [-0.25, -0.2) is 0 Å². The first kappa shape index (κ1) is 14.4. The van der Waals surface area contributed by atoms with E-state index in [1.807, 2.05) is 29.2 Å². The lowest BCUT2D eigenvalue weighted by molar-refractivity contribution is 0.0708. The summed E-state index contributed by atoms with van der Waals surface area (Å²) < 4.78 is 5.40. The molecule has 2 aliphatic heterocycles. The van der Waals surface area contributed by atoms with Crippen molar-refractivity contribution in [1.29, 1.82) is 0 Å². The predicted octanol–water partition coefficient (Wildman–Crippen LogP) is 1.09. The summed E-state index contributed by atoms with van der Waals surface area (Å²) in [5.74, 6) is 0.104. The molecule has 0 aliphatic carbocycles. The minimum atomic E-state index is 0.104. The van der Waals surface area contributed by atoms with E-state index in [-0.39, 0.29) is 11.9 Å². The molecule has 2 aliphatic rings. The van der Waals surface area contributed by atoms with Gasteiger partial charge in [0.15, 0.2) is 0 Å². The number of para-hydroxylation sites is 1. The molecule has 21 heavy (non-hydrogen) atoms. The van der Waals surface area contributed by atoms with Crippen molar-refractivity contribution in [1.82, 2.24) is 4.90 Å². The molecular weight excluding hydrogens is 266 g/mol. The maximum Gasteiger partial charge on any atom is 0.256 e. The van der Waals surface area contributed by atoms with Crippen molar-refractivity contribution < 1.29 is 9.53 Å². The molecule has 2 heterocycles. The van der Waals surface area contributed by atoms with Crippen LogP contribution in [0.25, 0.3) is 0 Å². The zero-order valence-corrected chi connectivity index (χ0v) is 12.3. The third-order valence-corrected chi connectivity index (χ3v) is 4.23. The summed E-state index contributed by atoms with van der Waals surface area (Å²) in [5, 5.41) is 0. The van der Waals surface area contributed by atoms with Gasteiger partial charge in [-0.05, 0) is 25.0 Å². The fourth-order valence-corrected chi connectivity index (χ4v) is 3.10. The van der Waals surface area contributed by atoms with Crippen LogP contribution < -0.4 is 10.6 Å². The zero-order valence-electron chi connectivity index (χ0n) is 12.3. The lowest BCUT2D eigenvalue weighted by Crippen LogP contribution is -2.46. The minimum absolute atomic E-state index is 0.104. The molecular formula is C16H23N3O2. The van der Waals surface area contributed by atoms with Gasteiger partial charge in [0.05, 0.1) is 18.8 Å². The molecule has 1 amide bonds. The number of morpholine rings is 1. The molecule has 3 rings (SSSR count). The highest BCUT2D eigenvalue weighted by Gasteiger charge is 2.25. The predicted molar refractivity (Wildman–Crippen MR) is 82.6 cm³/mol. The van der Waals surface area contributed by atoms with Crippen LogP contribution >= 0.6 is 0 Å². The lowest BCUT2D eigenvalue weighted by Gasteiger charge is -2.34. The Morgan fingerprint density at radius 3 is 2.71 bits per heavy atom. The van der Waals surface area contributed by atoms with Crippen molar-refractivity contribution >= 4 is 11.6 Å². The van der Waals surface area contributed by atoms with Crippen molar-refractivity contribution in [2.45, 2.75) is 18.9 Å². The molecule has 2 saturated heterocycles. The van der Waals surface area contributed by atoms with Crippen LogP contribution in [0.1, 0.15) is 23.2 Å². The van der Waals surface area contributed by atoms with E-state index in [1.54, 1.807) is 0 Å².